The second kappa shape index (κ2) is 8.01. The van der Waals surface area contributed by atoms with Gasteiger partial charge in [-0.05, 0) is 60.4 Å². The number of hydrogen-bond acceptors (Lipinski definition) is 4. The van der Waals surface area contributed by atoms with Gasteiger partial charge in [0.25, 0.3) is 5.91 Å². The lowest BCUT2D eigenvalue weighted by Gasteiger charge is -2.30. The molecule has 1 amide bonds. The van der Waals surface area contributed by atoms with Crippen LogP contribution in [0.25, 0.3) is 5.69 Å². The van der Waals surface area contributed by atoms with E-state index in [1.165, 1.54) is 39.9 Å². The number of amides is 1. The van der Waals surface area contributed by atoms with E-state index in [1.807, 2.05) is 15.7 Å². The molecule has 0 radical (unpaired) electrons. The number of imidazole rings is 1. The first-order chi connectivity index (χ1) is 13.6. The number of nitrogens with zero attached hydrogens (tertiary/aromatic N) is 3. The molecule has 2 heterocycles. The average Bonchev–Trinajstić information content (AvgIpc) is 3.17. The van der Waals surface area contributed by atoms with Crippen molar-refractivity contribution in [1.82, 2.24) is 14.5 Å². The van der Waals surface area contributed by atoms with Crippen molar-refractivity contribution in [2.24, 2.45) is 0 Å². The summed E-state index contributed by atoms with van der Waals surface area (Å²) in [6, 6.07) is 12.5. The lowest BCUT2D eigenvalue weighted by molar-refractivity contribution is 0.0724. The second-order valence-corrected chi connectivity index (χ2v) is 8.14. The Balaban J connectivity index is 1.69. The van der Waals surface area contributed by atoms with E-state index in [9.17, 15) is 9.18 Å². The number of rotatable bonds is 4. The first kappa shape index (κ1) is 19.1. The quantitative estimate of drug-likeness (QED) is 0.584. The predicted molar refractivity (Wildman–Crippen MR) is 112 cm³/mol. The van der Waals surface area contributed by atoms with Gasteiger partial charge in [-0.25, -0.2) is 9.37 Å². The Morgan fingerprint density at radius 2 is 1.89 bits per heavy atom. The lowest BCUT2D eigenvalue weighted by Crippen LogP contribution is -2.37. The Morgan fingerprint density at radius 3 is 2.61 bits per heavy atom. The first-order valence-corrected chi connectivity index (χ1v) is 11.4. The van der Waals surface area contributed by atoms with Crippen LogP contribution in [-0.4, -0.2) is 39.4 Å². The van der Waals surface area contributed by atoms with Crippen LogP contribution in [0.15, 0.2) is 58.7 Å². The van der Waals surface area contributed by atoms with E-state index >= 15 is 0 Å². The van der Waals surface area contributed by atoms with Crippen molar-refractivity contribution in [3.63, 3.8) is 0 Å². The van der Waals surface area contributed by atoms with E-state index in [0.29, 0.717) is 23.9 Å². The Kier molecular flexibility index (Phi) is 5.46. The molecule has 1 aromatic heterocycles. The molecule has 28 heavy (non-hydrogen) atoms. The van der Waals surface area contributed by atoms with Crippen LogP contribution in [0.4, 0.5) is 4.39 Å². The fourth-order valence-corrected chi connectivity index (χ4v) is 4.75. The third kappa shape index (κ3) is 3.44. The summed E-state index contributed by atoms with van der Waals surface area (Å²) >= 11 is 3.17. The van der Waals surface area contributed by atoms with Crippen LogP contribution < -0.4 is 0 Å². The van der Waals surface area contributed by atoms with Crippen molar-refractivity contribution in [2.75, 3.05) is 19.1 Å². The van der Waals surface area contributed by atoms with Crippen LogP contribution in [-0.2, 0) is 13.0 Å². The number of aromatic nitrogens is 2. The zero-order chi connectivity index (χ0) is 19.7. The molecular formula is C21H20FN3OS2. The van der Waals surface area contributed by atoms with E-state index in [1.54, 1.807) is 30.1 Å². The highest BCUT2D eigenvalue weighted by atomic mass is 32.2. The molecule has 0 saturated heterocycles. The maximum Gasteiger partial charge on any atom is 0.272 e. The Morgan fingerprint density at radius 1 is 1.11 bits per heavy atom. The highest BCUT2D eigenvalue weighted by molar-refractivity contribution is 7.98. The molecular weight excluding hydrogens is 393 g/mol. The average molecular weight is 414 g/mol. The van der Waals surface area contributed by atoms with Gasteiger partial charge in [-0.1, -0.05) is 23.9 Å². The maximum absolute atomic E-state index is 13.4. The molecule has 0 unspecified atom stereocenters. The molecule has 1 aliphatic heterocycles. The summed E-state index contributed by atoms with van der Waals surface area (Å²) < 4.78 is 15.2. The molecule has 0 spiro atoms. The van der Waals surface area contributed by atoms with Gasteiger partial charge in [0.2, 0.25) is 0 Å². The molecule has 3 aromatic rings. The molecule has 4 rings (SSSR count). The predicted octanol–water partition coefficient (Wildman–Crippen LogP) is 4.65. The molecule has 1 aliphatic rings. The molecule has 0 fully saturated rings. The Hall–Kier alpha value is -2.25. The Bertz CT molecular complexity index is 1000. The summed E-state index contributed by atoms with van der Waals surface area (Å²) in [6.45, 7) is 1.27. The van der Waals surface area contributed by atoms with E-state index in [-0.39, 0.29) is 11.7 Å². The largest absolute Gasteiger partial charge is 0.333 e. The smallest absolute Gasteiger partial charge is 0.272 e. The highest BCUT2D eigenvalue weighted by Crippen LogP contribution is 2.30. The molecule has 4 nitrogen and oxygen atoms in total. The molecule has 7 heteroatoms. The maximum atomic E-state index is 13.4. The zero-order valence-electron chi connectivity index (χ0n) is 15.7. The molecule has 144 valence electrons. The van der Waals surface area contributed by atoms with Crippen molar-refractivity contribution in [1.29, 1.82) is 0 Å². The fraction of sp³-hybridized carbons (Fsp3) is 0.238. The molecule has 0 atom stereocenters. The van der Waals surface area contributed by atoms with E-state index < -0.39 is 0 Å². The number of hydrogen-bond donors (Lipinski definition) is 0. The number of carbonyl (C=O) groups excluding carboxylic acids is 1. The van der Waals surface area contributed by atoms with E-state index in [2.05, 4.69) is 29.4 Å². The highest BCUT2D eigenvalue weighted by Gasteiger charge is 2.27. The van der Waals surface area contributed by atoms with E-state index in [4.69, 9.17) is 0 Å². The number of benzene rings is 2. The van der Waals surface area contributed by atoms with Crippen LogP contribution in [0.5, 0.6) is 0 Å². The minimum Gasteiger partial charge on any atom is -0.333 e. The van der Waals surface area contributed by atoms with Crippen molar-refractivity contribution >= 4 is 29.4 Å². The van der Waals surface area contributed by atoms with Crippen LogP contribution in [0.3, 0.4) is 0 Å². The summed E-state index contributed by atoms with van der Waals surface area (Å²) in [6.07, 6.45) is 6.44. The van der Waals surface area contributed by atoms with Gasteiger partial charge in [0.1, 0.15) is 11.5 Å². The second-order valence-electron chi connectivity index (χ2n) is 6.52. The fourth-order valence-electron chi connectivity index (χ4n) is 3.55. The van der Waals surface area contributed by atoms with Crippen LogP contribution in [0.2, 0.25) is 0 Å². The minimum absolute atomic E-state index is 0.0568. The third-order valence-electron chi connectivity index (χ3n) is 4.95. The summed E-state index contributed by atoms with van der Waals surface area (Å²) in [7, 11) is 0. The van der Waals surface area contributed by atoms with Crippen molar-refractivity contribution in [3.8, 4) is 5.69 Å². The summed E-state index contributed by atoms with van der Waals surface area (Å²) in [4.78, 5) is 20.9. The number of halogens is 1. The van der Waals surface area contributed by atoms with Crippen molar-refractivity contribution in [3.05, 3.63) is 71.3 Å². The molecule has 0 bridgehead atoms. The van der Waals surface area contributed by atoms with Gasteiger partial charge in [-0.2, -0.15) is 0 Å². The summed E-state index contributed by atoms with van der Waals surface area (Å²) in [5.74, 6) is -0.363. The molecule has 0 N–H and O–H groups in total. The standard InChI is InChI=1S/C21H20FN3OS2/c1-27-19-5-3-4-14-10-11-24(13-17(14)19)20(26)18-12-23-21(28-2)25(18)16-8-6-15(22)7-9-16/h3-9,12H,10-11,13H2,1-2H3. The molecule has 0 saturated carbocycles. The SMILES string of the molecule is CSc1cccc2c1CN(C(=O)c1cnc(SC)n1-c1ccc(F)cc1)CC2. The zero-order valence-corrected chi connectivity index (χ0v) is 17.3. The van der Waals surface area contributed by atoms with Gasteiger partial charge in [0, 0.05) is 23.7 Å². The monoisotopic (exact) mass is 413 g/mol. The van der Waals surface area contributed by atoms with Gasteiger partial charge in [-0.3, -0.25) is 9.36 Å². The number of carbonyl (C=O) groups is 1. The molecule has 2 aromatic carbocycles. The topological polar surface area (TPSA) is 38.1 Å². The Labute approximate surface area is 172 Å². The van der Waals surface area contributed by atoms with Gasteiger partial charge < -0.3 is 4.90 Å². The van der Waals surface area contributed by atoms with Crippen LogP contribution in [0, 0.1) is 5.82 Å². The van der Waals surface area contributed by atoms with Crippen molar-refractivity contribution in [2.45, 2.75) is 23.0 Å². The van der Waals surface area contributed by atoms with Gasteiger partial charge >= 0.3 is 0 Å². The van der Waals surface area contributed by atoms with Crippen LogP contribution >= 0.6 is 23.5 Å². The first-order valence-electron chi connectivity index (χ1n) is 8.94. The number of fused-ring (bicyclic) bond motifs is 1. The minimum atomic E-state index is -0.306. The molecule has 0 aliphatic carbocycles. The van der Waals surface area contributed by atoms with Crippen molar-refractivity contribution < 1.29 is 9.18 Å². The van der Waals surface area contributed by atoms with Gasteiger partial charge in [0.05, 0.1) is 6.20 Å². The summed E-state index contributed by atoms with van der Waals surface area (Å²) in [5.41, 5.74) is 3.77. The summed E-state index contributed by atoms with van der Waals surface area (Å²) in [5, 5.41) is 0.706. The van der Waals surface area contributed by atoms with E-state index in [0.717, 1.165) is 12.1 Å². The number of thioether (sulfide) groups is 2. The third-order valence-corrected chi connectivity index (χ3v) is 6.43. The van der Waals surface area contributed by atoms with Crippen LogP contribution in [0.1, 0.15) is 21.6 Å². The normalized spacial score (nSPS) is 13.5. The van der Waals surface area contributed by atoms with Gasteiger partial charge in [0.15, 0.2) is 5.16 Å². The van der Waals surface area contributed by atoms with Gasteiger partial charge in [-0.15, -0.1) is 11.8 Å². The lowest BCUT2D eigenvalue weighted by atomic mass is 9.99.